The minimum atomic E-state index is 1.32. The number of hydrogen-bond donors (Lipinski definition) is 1. The van der Waals surface area contributed by atoms with E-state index in [0.29, 0.717) is 0 Å². The third kappa shape index (κ3) is 7.53. The van der Waals surface area contributed by atoms with E-state index in [1.54, 1.807) is 18.7 Å². The first-order valence-corrected chi connectivity index (χ1v) is 5.01. The second-order valence-corrected chi connectivity index (χ2v) is 2.77. The summed E-state index contributed by atoms with van der Waals surface area (Å²) in [5, 5.41) is 0. The van der Waals surface area contributed by atoms with E-state index in [9.17, 15) is 0 Å². The maximum absolute atomic E-state index is 3.67. The van der Waals surface area contributed by atoms with E-state index in [1.807, 2.05) is 13.8 Å². The second-order valence-electron chi connectivity index (χ2n) is 2.77. The molecule has 1 aromatic heterocycles. The highest BCUT2D eigenvalue weighted by molar-refractivity contribution is 4.64. The van der Waals surface area contributed by atoms with Crippen LogP contribution in [0.3, 0.4) is 0 Å². The Morgan fingerprint density at radius 3 is 2.00 bits per heavy atom. The second kappa shape index (κ2) is 9.26. The molecule has 13 heavy (non-hydrogen) atoms. The molecule has 0 saturated carbocycles. The van der Waals surface area contributed by atoms with E-state index in [1.165, 1.54) is 25.9 Å². The molecule has 0 unspecified atom stereocenters. The molecule has 0 amide bonds. The van der Waals surface area contributed by atoms with Crippen LogP contribution >= 0.6 is 0 Å². The SMILES string of the molecule is CC.CN1CCCC1.c1c[nH]cn1. The lowest BCUT2D eigenvalue weighted by atomic mass is 10.4. The van der Waals surface area contributed by atoms with E-state index in [0.717, 1.165) is 0 Å². The minimum Gasteiger partial charge on any atom is -0.351 e. The molecule has 1 saturated heterocycles. The smallest absolute Gasteiger partial charge is 0.0919 e. The molecule has 0 atom stereocenters. The van der Waals surface area contributed by atoms with Crippen LogP contribution < -0.4 is 0 Å². The minimum absolute atomic E-state index is 1.32. The quantitative estimate of drug-likeness (QED) is 0.668. The van der Waals surface area contributed by atoms with Crippen molar-refractivity contribution in [2.75, 3.05) is 20.1 Å². The predicted molar refractivity (Wildman–Crippen MR) is 56.7 cm³/mol. The van der Waals surface area contributed by atoms with Crippen molar-refractivity contribution in [3.05, 3.63) is 18.7 Å². The monoisotopic (exact) mass is 183 g/mol. The number of nitrogens with one attached hydrogen (secondary N) is 1. The van der Waals surface area contributed by atoms with Gasteiger partial charge in [0.05, 0.1) is 6.33 Å². The Labute approximate surface area is 81.2 Å². The standard InChI is InChI=1S/C5H11N.C3H4N2.C2H6/c1-6-4-2-3-5-6;1-2-5-3-4-1;1-2/h2-5H2,1H3;1-3H,(H,4,5);1-2H3. The molecular weight excluding hydrogens is 162 g/mol. The largest absolute Gasteiger partial charge is 0.351 e. The highest BCUT2D eigenvalue weighted by atomic mass is 15.1. The third-order valence-corrected chi connectivity index (χ3v) is 1.74. The van der Waals surface area contributed by atoms with Crippen molar-refractivity contribution < 1.29 is 0 Å². The molecule has 0 aliphatic carbocycles. The van der Waals surface area contributed by atoms with Gasteiger partial charge in [-0.1, -0.05) is 13.8 Å². The maximum Gasteiger partial charge on any atom is 0.0919 e. The summed E-state index contributed by atoms with van der Waals surface area (Å²) in [6.07, 6.45) is 7.91. The van der Waals surface area contributed by atoms with E-state index < -0.39 is 0 Å². The Balaban J connectivity index is 0.000000189. The van der Waals surface area contributed by atoms with Crippen LogP contribution in [0, 0.1) is 0 Å². The summed E-state index contributed by atoms with van der Waals surface area (Å²) in [5.41, 5.74) is 0. The molecule has 0 bridgehead atoms. The lowest BCUT2D eigenvalue weighted by Gasteiger charge is -2.01. The average molecular weight is 183 g/mol. The summed E-state index contributed by atoms with van der Waals surface area (Å²) in [4.78, 5) is 8.78. The van der Waals surface area contributed by atoms with E-state index >= 15 is 0 Å². The molecule has 3 nitrogen and oxygen atoms in total. The maximum atomic E-state index is 3.67. The van der Waals surface area contributed by atoms with Crippen molar-refractivity contribution in [2.24, 2.45) is 0 Å². The van der Waals surface area contributed by atoms with Crippen molar-refractivity contribution in [1.29, 1.82) is 0 Å². The van der Waals surface area contributed by atoms with Gasteiger partial charge in [-0.2, -0.15) is 0 Å². The van der Waals surface area contributed by atoms with Crippen LogP contribution in [0.15, 0.2) is 18.7 Å². The Kier molecular flexibility index (Phi) is 8.67. The molecule has 0 aromatic carbocycles. The molecule has 1 aromatic rings. The highest BCUT2D eigenvalue weighted by Gasteiger charge is 2.03. The van der Waals surface area contributed by atoms with E-state index in [-0.39, 0.29) is 0 Å². The molecule has 1 fully saturated rings. The summed E-state index contributed by atoms with van der Waals surface area (Å²) >= 11 is 0. The molecule has 1 aliphatic rings. The molecule has 0 spiro atoms. The Hall–Kier alpha value is -0.830. The van der Waals surface area contributed by atoms with Gasteiger partial charge in [0.15, 0.2) is 0 Å². The van der Waals surface area contributed by atoms with Crippen molar-refractivity contribution in [1.82, 2.24) is 14.9 Å². The first kappa shape index (κ1) is 12.2. The first-order valence-electron chi connectivity index (χ1n) is 5.01. The number of nitrogens with zero attached hydrogens (tertiary/aromatic N) is 2. The lowest BCUT2D eigenvalue weighted by Crippen LogP contribution is -2.10. The average Bonchev–Trinajstić information content (AvgIpc) is 2.81. The van der Waals surface area contributed by atoms with Gasteiger partial charge in [-0.15, -0.1) is 0 Å². The molecule has 1 N–H and O–H groups in total. The normalized spacial score (nSPS) is 15.3. The summed E-state index contributed by atoms with van der Waals surface area (Å²) in [6, 6.07) is 0. The van der Waals surface area contributed by atoms with Gasteiger partial charge in [0.2, 0.25) is 0 Å². The number of H-pyrrole nitrogens is 1. The zero-order valence-corrected chi connectivity index (χ0v) is 8.95. The molecule has 3 heteroatoms. The van der Waals surface area contributed by atoms with Gasteiger partial charge in [0, 0.05) is 12.4 Å². The van der Waals surface area contributed by atoms with E-state index in [2.05, 4.69) is 21.9 Å². The molecular formula is C10H21N3. The highest BCUT2D eigenvalue weighted by Crippen LogP contribution is 2.01. The van der Waals surface area contributed by atoms with Crippen LogP contribution in [-0.2, 0) is 0 Å². The van der Waals surface area contributed by atoms with Crippen molar-refractivity contribution in [3.8, 4) is 0 Å². The van der Waals surface area contributed by atoms with Crippen molar-refractivity contribution in [2.45, 2.75) is 26.7 Å². The van der Waals surface area contributed by atoms with Gasteiger partial charge < -0.3 is 9.88 Å². The number of rotatable bonds is 0. The van der Waals surface area contributed by atoms with Gasteiger partial charge in [0.25, 0.3) is 0 Å². The summed E-state index contributed by atoms with van der Waals surface area (Å²) in [7, 11) is 2.17. The fraction of sp³-hybridized carbons (Fsp3) is 0.700. The lowest BCUT2D eigenvalue weighted by molar-refractivity contribution is 0.418. The van der Waals surface area contributed by atoms with Gasteiger partial charge in [0.1, 0.15) is 0 Å². The molecule has 0 radical (unpaired) electrons. The third-order valence-electron chi connectivity index (χ3n) is 1.74. The van der Waals surface area contributed by atoms with Gasteiger partial charge >= 0.3 is 0 Å². The predicted octanol–water partition coefficient (Wildman–Crippen LogP) is 2.15. The molecule has 76 valence electrons. The van der Waals surface area contributed by atoms with Gasteiger partial charge in [-0.05, 0) is 33.0 Å². The Bertz CT molecular complexity index is 137. The zero-order valence-electron chi connectivity index (χ0n) is 8.95. The topological polar surface area (TPSA) is 31.9 Å². The first-order chi connectivity index (χ1) is 6.39. The van der Waals surface area contributed by atoms with Crippen molar-refractivity contribution in [3.63, 3.8) is 0 Å². The summed E-state index contributed by atoms with van der Waals surface area (Å²) in [6.45, 7) is 6.64. The fourth-order valence-corrected chi connectivity index (χ4v) is 1.09. The van der Waals surface area contributed by atoms with Crippen LogP contribution in [0.1, 0.15) is 26.7 Å². The van der Waals surface area contributed by atoms with Crippen LogP contribution in [0.2, 0.25) is 0 Å². The van der Waals surface area contributed by atoms with Crippen LogP contribution in [0.25, 0.3) is 0 Å². The van der Waals surface area contributed by atoms with Gasteiger partial charge in [-0.25, -0.2) is 4.98 Å². The number of imidazole rings is 1. The molecule has 1 aliphatic heterocycles. The Morgan fingerprint density at radius 2 is 1.85 bits per heavy atom. The molecule has 2 heterocycles. The molecule has 2 rings (SSSR count). The zero-order chi connectivity index (χ0) is 9.94. The van der Waals surface area contributed by atoms with E-state index in [4.69, 9.17) is 0 Å². The number of hydrogen-bond acceptors (Lipinski definition) is 2. The number of aromatic amines is 1. The summed E-state index contributed by atoms with van der Waals surface area (Å²) in [5.74, 6) is 0. The van der Waals surface area contributed by atoms with Crippen molar-refractivity contribution >= 4 is 0 Å². The fourth-order valence-electron chi connectivity index (χ4n) is 1.09. The number of aromatic nitrogens is 2. The summed E-state index contributed by atoms with van der Waals surface area (Å²) < 4.78 is 0. The Morgan fingerprint density at radius 1 is 1.23 bits per heavy atom. The van der Waals surface area contributed by atoms with Crippen LogP contribution in [0.5, 0.6) is 0 Å². The van der Waals surface area contributed by atoms with Crippen LogP contribution in [-0.4, -0.2) is 35.0 Å². The van der Waals surface area contributed by atoms with Gasteiger partial charge in [-0.3, -0.25) is 0 Å². The number of likely N-dealkylation sites (tertiary alicyclic amines) is 1. The van der Waals surface area contributed by atoms with Crippen LogP contribution in [0.4, 0.5) is 0 Å².